The quantitative estimate of drug-likeness (QED) is 0.534. The Kier molecular flexibility index (Phi) is 9.98. The monoisotopic (exact) mass is 270 g/mol. The third-order valence-electron chi connectivity index (χ3n) is 3.78. The highest BCUT2D eigenvalue weighted by Gasteiger charge is 2.21. The lowest BCUT2D eigenvalue weighted by molar-refractivity contribution is 0.0374. The molecule has 0 aliphatic heterocycles. The summed E-state index contributed by atoms with van der Waals surface area (Å²) >= 11 is 0. The van der Waals surface area contributed by atoms with Crippen LogP contribution in [-0.2, 0) is 4.74 Å². The van der Waals surface area contributed by atoms with Gasteiger partial charge >= 0.3 is 0 Å². The van der Waals surface area contributed by atoms with Crippen LogP contribution in [0.4, 0.5) is 0 Å². The zero-order valence-corrected chi connectivity index (χ0v) is 13.6. The molecule has 0 spiro atoms. The van der Waals surface area contributed by atoms with Crippen LogP contribution in [0.2, 0.25) is 0 Å². The van der Waals surface area contributed by atoms with Crippen LogP contribution < -0.4 is 10.6 Å². The molecule has 0 rings (SSSR count). The van der Waals surface area contributed by atoms with Gasteiger partial charge in [-0.15, -0.1) is 0 Å². The van der Waals surface area contributed by atoms with Gasteiger partial charge in [0.2, 0.25) is 0 Å². The second kappa shape index (κ2) is 10.3. The molecule has 0 saturated heterocycles. The molecular formula is C16H34N2O. The molecule has 3 heteroatoms. The molecule has 114 valence electrons. The van der Waals surface area contributed by atoms with Crippen LogP contribution in [0.5, 0.6) is 0 Å². The van der Waals surface area contributed by atoms with E-state index in [9.17, 15) is 0 Å². The molecule has 19 heavy (non-hydrogen) atoms. The van der Waals surface area contributed by atoms with Crippen molar-refractivity contribution < 1.29 is 4.74 Å². The molecule has 3 nitrogen and oxygen atoms in total. The fourth-order valence-electron chi connectivity index (χ4n) is 2.10. The number of hydrogen-bond acceptors (Lipinski definition) is 3. The van der Waals surface area contributed by atoms with Gasteiger partial charge in [0.15, 0.2) is 0 Å². The molecule has 2 unspecified atom stereocenters. The van der Waals surface area contributed by atoms with E-state index in [1.807, 2.05) is 14.0 Å². The van der Waals surface area contributed by atoms with Crippen molar-refractivity contribution in [2.24, 2.45) is 5.41 Å². The van der Waals surface area contributed by atoms with Gasteiger partial charge in [0.25, 0.3) is 0 Å². The van der Waals surface area contributed by atoms with Crippen LogP contribution in [0.25, 0.3) is 0 Å². The Morgan fingerprint density at radius 2 is 2.11 bits per heavy atom. The van der Waals surface area contributed by atoms with Crippen molar-refractivity contribution in [1.82, 2.24) is 10.6 Å². The SMILES string of the molecule is C=C(C)NCCCC(C)OCCC(C)(CC)CNC. The summed E-state index contributed by atoms with van der Waals surface area (Å²) in [6.07, 6.45) is 4.90. The normalized spacial score (nSPS) is 15.8. The smallest absolute Gasteiger partial charge is 0.0547 e. The Morgan fingerprint density at radius 3 is 2.63 bits per heavy atom. The molecule has 0 aromatic heterocycles. The maximum Gasteiger partial charge on any atom is 0.0547 e. The van der Waals surface area contributed by atoms with E-state index in [-0.39, 0.29) is 0 Å². The summed E-state index contributed by atoms with van der Waals surface area (Å²) in [6.45, 7) is 15.5. The molecule has 0 aromatic rings. The predicted octanol–water partition coefficient (Wildman–Crippen LogP) is 3.32. The van der Waals surface area contributed by atoms with Gasteiger partial charge in [-0.05, 0) is 52.0 Å². The summed E-state index contributed by atoms with van der Waals surface area (Å²) in [4.78, 5) is 0. The Morgan fingerprint density at radius 1 is 1.42 bits per heavy atom. The highest BCUT2D eigenvalue weighted by atomic mass is 16.5. The summed E-state index contributed by atoms with van der Waals surface area (Å²) in [5.41, 5.74) is 1.40. The Labute approximate surface area is 120 Å². The van der Waals surface area contributed by atoms with Crippen molar-refractivity contribution in [3.63, 3.8) is 0 Å². The summed E-state index contributed by atoms with van der Waals surface area (Å²) < 4.78 is 5.91. The van der Waals surface area contributed by atoms with E-state index in [4.69, 9.17) is 4.74 Å². The van der Waals surface area contributed by atoms with Crippen LogP contribution in [0, 0.1) is 5.41 Å². The Bertz CT molecular complexity index is 243. The lowest BCUT2D eigenvalue weighted by Gasteiger charge is -2.28. The molecule has 2 atom stereocenters. The minimum Gasteiger partial charge on any atom is -0.389 e. The van der Waals surface area contributed by atoms with Crippen molar-refractivity contribution in [2.75, 3.05) is 26.7 Å². The molecule has 2 N–H and O–H groups in total. The Hall–Kier alpha value is -0.540. The van der Waals surface area contributed by atoms with Crippen LogP contribution in [0.1, 0.15) is 53.4 Å². The largest absolute Gasteiger partial charge is 0.389 e. The molecule has 0 aliphatic carbocycles. The molecule has 0 saturated carbocycles. The maximum absolute atomic E-state index is 5.91. The minimum atomic E-state index is 0.350. The predicted molar refractivity (Wildman–Crippen MR) is 84.4 cm³/mol. The van der Waals surface area contributed by atoms with Crippen LogP contribution in [0.15, 0.2) is 12.3 Å². The maximum atomic E-state index is 5.91. The van der Waals surface area contributed by atoms with Crippen molar-refractivity contribution >= 4 is 0 Å². The molecule has 0 bridgehead atoms. The second-order valence-corrected chi connectivity index (χ2v) is 5.98. The van der Waals surface area contributed by atoms with E-state index in [0.717, 1.165) is 44.7 Å². The molecule has 0 heterocycles. The van der Waals surface area contributed by atoms with E-state index in [2.05, 4.69) is 38.0 Å². The zero-order valence-electron chi connectivity index (χ0n) is 13.6. The van der Waals surface area contributed by atoms with Gasteiger partial charge in [-0.2, -0.15) is 0 Å². The molecule has 0 amide bonds. The van der Waals surface area contributed by atoms with Gasteiger partial charge < -0.3 is 15.4 Å². The second-order valence-electron chi connectivity index (χ2n) is 5.98. The topological polar surface area (TPSA) is 33.3 Å². The van der Waals surface area contributed by atoms with Crippen LogP contribution in [-0.4, -0.2) is 32.8 Å². The van der Waals surface area contributed by atoms with Gasteiger partial charge in [-0.3, -0.25) is 0 Å². The Balaban J connectivity index is 3.66. The average Bonchev–Trinajstić information content (AvgIpc) is 2.35. The van der Waals surface area contributed by atoms with Crippen LogP contribution in [0.3, 0.4) is 0 Å². The molecule has 0 aliphatic rings. The van der Waals surface area contributed by atoms with E-state index in [1.165, 1.54) is 6.42 Å². The van der Waals surface area contributed by atoms with Crippen molar-refractivity contribution in [3.05, 3.63) is 12.3 Å². The van der Waals surface area contributed by atoms with Gasteiger partial charge in [-0.1, -0.05) is 20.4 Å². The summed E-state index contributed by atoms with van der Waals surface area (Å²) in [5.74, 6) is 0. The summed E-state index contributed by atoms with van der Waals surface area (Å²) in [5, 5.41) is 6.53. The lowest BCUT2D eigenvalue weighted by atomic mass is 9.84. The first-order valence-electron chi connectivity index (χ1n) is 7.59. The number of rotatable bonds is 12. The molecular weight excluding hydrogens is 236 g/mol. The third-order valence-corrected chi connectivity index (χ3v) is 3.78. The van der Waals surface area contributed by atoms with Crippen molar-refractivity contribution in [2.45, 2.75) is 59.5 Å². The standard InChI is InChI=1S/C16H34N2O/c1-7-16(5,13-17-6)10-12-19-15(4)9-8-11-18-14(2)3/h15,17-18H,2,7-13H2,1,3-6H3. The summed E-state index contributed by atoms with van der Waals surface area (Å²) in [6, 6.07) is 0. The molecule has 0 aromatic carbocycles. The van der Waals surface area contributed by atoms with Crippen molar-refractivity contribution in [1.29, 1.82) is 0 Å². The average molecular weight is 270 g/mol. The van der Waals surface area contributed by atoms with E-state index >= 15 is 0 Å². The van der Waals surface area contributed by atoms with Gasteiger partial charge in [0.1, 0.15) is 0 Å². The fourth-order valence-corrected chi connectivity index (χ4v) is 2.10. The van der Waals surface area contributed by atoms with Crippen molar-refractivity contribution in [3.8, 4) is 0 Å². The zero-order chi connectivity index (χ0) is 14.7. The number of allylic oxidation sites excluding steroid dienone is 1. The number of nitrogens with one attached hydrogen (secondary N) is 2. The number of hydrogen-bond donors (Lipinski definition) is 2. The summed E-state index contributed by atoms with van der Waals surface area (Å²) in [7, 11) is 2.02. The first-order chi connectivity index (χ1) is 8.93. The van der Waals surface area contributed by atoms with Gasteiger partial charge in [0.05, 0.1) is 6.10 Å². The van der Waals surface area contributed by atoms with Gasteiger partial charge in [-0.25, -0.2) is 0 Å². The number of ether oxygens (including phenoxy) is 1. The highest BCUT2D eigenvalue weighted by Crippen LogP contribution is 2.24. The first-order valence-corrected chi connectivity index (χ1v) is 7.59. The highest BCUT2D eigenvalue weighted by molar-refractivity contribution is 4.83. The fraction of sp³-hybridized carbons (Fsp3) is 0.875. The third kappa shape index (κ3) is 9.97. The lowest BCUT2D eigenvalue weighted by Crippen LogP contribution is -2.30. The first kappa shape index (κ1) is 18.5. The minimum absolute atomic E-state index is 0.350. The van der Waals surface area contributed by atoms with E-state index in [0.29, 0.717) is 11.5 Å². The van der Waals surface area contributed by atoms with E-state index in [1.54, 1.807) is 0 Å². The van der Waals surface area contributed by atoms with Gasteiger partial charge in [0, 0.05) is 25.4 Å². The van der Waals surface area contributed by atoms with Crippen LogP contribution >= 0.6 is 0 Å². The van der Waals surface area contributed by atoms with E-state index < -0.39 is 0 Å². The molecule has 0 fully saturated rings. The molecule has 0 radical (unpaired) electrons.